The largest absolute Gasteiger partial charge is 0.338 e. The number of nitrogens with zero attached hydrogens (tertiary/aromatic N) is 3. The zero-order chi connectivity index (χ0) is 22.7. The molecule has 2 aromatic rings. The minimum atomic E-state index is -0.175. The molecule has 0 atom stereocenters. The summed E-state index contributed by atoms with van der Waals surface area (Å²) in [6.45, 7) is 10.7. The molecule has 0 bridgehead atoms. The lowest BCUT2D eigenvalue weighted by Crippen LogP contribution is -2.57. The van der Waals surface area contributed by atoms with Crippen molar-refractivity contribution in [2.24, 2.45) is 0 Å². The molecule has 2 saturated heterocycles. The molecule has 0 unspecified atom stereocenters. The number of aryl methyl sites for hydroxylation is 2. The van der Waals surface area contributed by atoms with Crippen molar-refractivity contribution in [1.29, 1.82) is 0 Å². The second-order valence-corrected chi connectivity index (χ2v) is 9.65. The SMILES string of the molecule is Cc1ccnc(C)c1C(=O)N1CCC(C)(N2CCC(NCc3cccc(F)c3)CC2)CC1. The number of hydrogen-bond acceptors (Lipinski definition) is 4. The van der Waals surface area contributed by atoms with Crippen molar-refractivity contribution < 1.29 is 9.18 Å². The van der Waals surface area contributed by atoms with Gasteiger partial charge in [-0.05, 0) is 75.8 Å². The van der Waals surface area contributed by atoms with Crippen molar-refractivity contribution in [3.05, 3.63) is 64.7 Å². The highest BCUT2D eigenvalue weighted by Crippen LogP contribution is 2.32. The van der Waals surface area contributed by atoms with Crippen molar-refractivity contribution in [2.45, 2.75) is 64.6 Å². The molecule has 6 heteroatoms. The fraction of sp³-hybridized carbons (Fsp3) is 0.538. The molecule has 0 spiro atoms. The second-order valence-electron chi connectivity index (χ2n) is 9.65. The fourth-order valence-corrected chi connectivity index (χ4v) is 5.22. The highest BCUT2D eigenvalue weighted by molar-refractivity contribution is 5.96. The second kappa shape index (κ2) is 9.67. The van der Waals surface area contributed by atoms with Gasteiger partial charge in [-0.2, -0.15) is 0 Å². The van der Waals surface area contributed by atoms with Gasteiger partial charge in [0.15, 0.2) is 0 Å². The summed E-state index contributed by atoms with van der Waals surface area (Å²) < 4.78 is 13.4. The van der Waals surface area contributed by atoms with Crippen LogP contribution in [0.25, 0.3) is 0 Å². The van der Waals surface area contributed by atoms with Crippen LogP contribution in [0.15, 0.2) is 36.5 Å². The Kier molecular flexibility index (Phi) is 6.91. The van der Waals surface area contributed by atoms with Crippen LogP contribution >= 0.6 is 0 Å². The molecule has 32 heavy (non-hydrogen) atoms. The highest BCUT2D eigenvalue weighted by Gasteiger charge is 2.38. The molecule has 1 N–H and O–H groups in total. The van der Waals surface area contributed by atoms with E-state index in [4.69, 9.17) is 0 Å². The van der Waals surface area contributed by atoms with Gasteiger partial charge in [0.05, 0.1) is 11.3 Å². The predicted octanol–water partition coefficient (Wildman–Crippen LogP) is 4.09. The van der Waals surface area contributed by atoms with E-state index in [-0.39, 0.29) is 17.3 Å². The number of aromatic nitrogens is 1. The quantitative estimate of drug-likeness (QED) is 0.764. The number of halogens is 1. The molecule has 2 aliphatic heterocycles. The maximum absolute atomic E-state index is 13.4. The Bertz CT molecular complexity index is 926. The Morgan fingerprint density at radius 1 is 1.16 bits per heavy atom. The molecule has 1 aromatic heterocycles. The topological polar surface area (TPSA) is 48.5 Å². The third kappa shape index (κ3) is 5.02. The minimum Gasteiger partial charge on any atom is -0.338 e. The fourth-order valence-electron chi connectivity index (χ4n) is 5.22. The molecule has 2 aliphatic rings. The van der Waals surface area contributed by atoms with Crippen LogP contribution in [0.3, 0.4) is 0 Å². The average Bonchev–Trinajstić information content (AvgIpc) is 2.78. The van der Waals surface area contributed by atoms with E-state index < -0.39 is 0 Å². The first kappa shape index (κ1) is 22.9. The van der Waals surface area contributed by atoms with Gasteiger partial charge in [0.1, 0.15) is 5.82 Å². The van der Waals surface area contributed by atoms with E-state index >= 15 is 0 Å². The van der Waals surface area contributed by atoms with E-state index in [0.29, 0.717) is 12.6 Å². The summed E-state index contributed by atoms with van der Waals surface area (Å²) in [7, 11) is 0. The number of likely N-dealkylation sites (tertiary alicyclic amines) is 2. The number of piperidine rings is 2. The molecule has 2 fully saturated rings. The molecule has 0 aliphatic carbocycles. The monoisotopic (exact) mass is 438 g/mol. The number of rotatable bonds is 5. The van der Waals surface area contributed by atoms with Crippen molar-refractivity contribution in [3.63, 3.8) is 0 Å². The zero-order valence-electron chi connectivity index (χ0n) is 19.5. The van der Waals surface area contributed by atoms with Crippen molar-refractivity contribution in [2.75, 3.05) is 26.2 Å². The predicted molar refractivity (Wildman–Crippen MR) is 125 cm³/mol. The summed E-state index contributed by atoms with van der Waals surface area (Å²) in [5.41, 5.74) is 3.72. The summed E-state index contributed by atoms with van der Waals surface area (Å²) in [6.07, 6.45) is 5.96. The Morgan fingerprint density at radius 3 is 2.53 bits per heavy atom. The Balaban J connectivity index is 1.27. The Morgan fingerprint density at radius 2 is 1.88 bits per heavy atom. The Labute approximate surface area is 191 Å². The van der Waals surface area contributed by atoms with E-state index in [1.54, 1.807) is 18.3 Å². The van der Waals surface area contributed by atoms with Crippen LogP contribution in [0.2, 0.25) is 0 Å². The summed E-state index contributed by atoms with van der Waals surface area (Å²) in [5, 5.41) is 3.60. The number of carbonyl (C=O) groups excluding carboxylic acids is 1. The van der Waals surface area contributed by atoms with Gasteiger partial charge >= 0.3 is 0 Å². The van der Waals surface area contributed by atoms with Crippen LogP contribution in [0.4, 0.5) is 4.39 Å². The normalized spacial score (nSPS) is 19.8. The summed E-state index contributed by atoms with van der Waals surface area (Å²) in [6, 6.07) is 9.21. The lowest BCUT2D eigenvalue weighted by Gasteiger charge is -2.49. The average molecular weight is 439 g/mol. The zero-order valence-corrected chi connectivity index (χ0v) is 19.5. The van der Waals surface area contributed by atoms with Gasteiger partial charge in [0.2, 0.25) is 0 Å². The van der Waals surface area contributed by atoms with Crippen LogP contribution in [0.1, 0.15) is 59.8 Å². The first-order valence-electron chi connectivity index (χ1n) is 11.8. The number of nitrogens with one attached hydrogen (secondary N) is 1. The number of benzene rings is 1. The molecular formula is C26H35FN4O. The van der Waals surface area contributed by atoms with Crippen LogP contribution in [0, 0.1) is 19.7 Å². The minimum absolute atomic E-state index is 0.121. The molecule has 1 amide bonds. The van der Waals surface area contributed by atoms with Crippen molar-refractivity contribution in [1.82, 2.24) is 20.1 Å². The molecule has 172 valence electrons. The number of pyridine rings is 1. The van der Waals surface area contributed by atoms with Crippen LogP contribution in [-0.4, -0.2) is 58.5 Å². The molecule has 5 nitrogen and oxygen atoms in total. The Hall–Kier alpha value is -2.31. The lowest BCUT2D eigenvalue weighted by atomic mass is 9.85. The van der Waals surface area contributed by atoms with E-state index in [2.05, 4.69) is 22.1 Å². The molecule has 0 saturated carbocycles. The van der Waals surface area contributed by atoms with Crippen molar-refractivity contribution >= 4 is 5.91 Å². The number of amides is 1. The van der Waals surface area contributed by atoms with Gasteiger partial charge in [-0.3, -0.25) is 14.7 Å². The third-order valence-electron chi connectivity index (χ3n) is 7.43. The summed E-state index contributed by atoms with van der Waals surface area (Å²) in [4.78, 5) is 22.1. The van der Waals surface area contributed by atoms with E-state index in [1.807, 2.05) is 30.9 Å². The molecule has 4 rings (SSSR count). The van der Waals surface area contributed by atoms with Crippen LogP contribution in [0.5, 0.6) is 0 Å². The van der Waals surface area contributed by atoms with E-state index in [1.165, 1.54) is 6.07 Å². The molecule has 1 aromatic carbocycles. The summed E-state index contributed by atoms with van der Waals surface area (Å²) >= 11 is 0. The number of hydrogen-bond donors (Lipinski definition) is 1. The van der Waals surface area contributed by atoms with E-state index in [0.717, 1.165) is 74.2 Å². The lowest BCUT2D eigenvalue weighted by molar-refractivity contribution is 0.0153. The van der Waals surface area contributed by atoms with Gasteiger partial charge in [0.25, 0.3) is 5.91 Å². The van der Waals surface area contributed by atoms with Gasteiger partial charge in [-0.15, -0.1) is 0 Å². The smallest absolute Gasteiger partial charge is 0.255 e. The van der Waals surface area contributed by atoms with Gasteiger partial charge in [-0.1, -0.05) is 12.1 Å². The maximum Gasteiger partial charge on any atom is 0.255 e. The van der Waals surface area contributed by atoms with Gasteiger partial charge < -0.3 is 10.2 Å². The van der Waals surface area contributed by atoms with E-state index in [9.17, 15) is 9.18 Å². The molecule has 3 heterocycles. The first-order valence-corrected chi connectivity index (χ1v) is 11.8. The van der Waals surface area contributed by atoms with Gasteiger partial charge in [-0.25, -0.2) is 4.39 Å². The summed E-state index contributed by atoms with van der Waals surface area (Å²) in [5.74, 6) is -0.0545. The number of carbonyl (C=O) groups is 1. The van der Waals surface area contributed by atoms with Crippen LogP contribution < -0.4 is 5.32 Å². The first-order chi connectivity index (χ1) is 15.4. The third-order valence-corrected chi connectivity index (χ3v) is 7.43. The standard InChI is InChI=1S/C26H35FN4O/c1-19-7-12-28-20(2)24(19)25(32)30-15-10-26(3,11-16-30)31-13-8-23(9-14-31)29-18-21-5-4-6-22(27)17-21/h4-7,12,17,23,29H,8-11,13-16,18H2,1-3H3. The highest BCUT2D eigenvalue weighted by atomic mass is 19.1. The molecular weight excluding hydrogens is 403 g/mol. The van der Waals surface area contributed by atoms with Crippen LogP contribution in [-0.2, 0) is 6.54 Å². The molecule has 0 radical (unpaired) electrons. The van der Waals surface area contributed by atoms with Crippen molar-refractivity contribution in [3.8, 4) is 0 Å². The van der Waals surface area contributed by atoms with Gasteiger partial charge in [0, 0.05) is 50.5 Å². The maximum atomic E-state index is 13.4.